The summed E-state index contributed by atoms with van der Waals surface area (Å²) in [6.45, 7) is 1.24. The molecule has 4 aromatic rings. The van der Waals surface area contributed by atoms with E-state index in [1.54, 1.807) is 6.20 Å². The third kappa shape index (κ3) is 3.61. The van der Waals surface area contributed by atoms with Crippen LogP contribution < -0.4 is 10.1 Å². The molecule has 0 unspecified atom stereocenters. The first-order valence-electron chi connectivity index (χ1n) is 8.21. The van der Waals surface area contributed by atoms with Gasteiger partial charge < -0.3 is 15.0 Å². The SMILES string of the molecule is c1ccc(OCCNc2ccnc(-c3ccc4[nH]ccc4c3)n2)cc1. The first-order valence-corrected chi connectivity index (χ1v) is 8.21. The predicted octanol–water partition coefficient (Wildman–Crippen LogP) is 4.12. The van der Waals surface area contributed by atoms with E-state index in [2.05, 4.69) is 26.3 Å². The van der Waals surface area contributed by atoms with Crippen LogP contribution in [0.2, 0.25) is 0 Å². The number of ether oxygens (including phenoxy) is 1. The topological polar surface area (TPSA) is 62.8 Å². The van der Waals surface area contributed by atoms with Crippen LogP contribution in [0.1, 0.15) is 0 Å². The second-order valence-electron chi connectivity index (χ2n) is 5.63. The van der Waals surface area contributed by atoms with Gasteiger partial charge in [-0.05, 0) is 42.5 Å². The smallest absolute Gasteiger partial charge is 0.161 e. The number of nitrogens with zero attached hydrogens (tertiary/aromatic N) is 2. The molecule has 0 spiro atoms. The van der Waals surface area contributed by atoms with Crippen LogP contribution in [0.25, 0.3) is 22.3 Å². The molecule has 0 saturated heterocycles. The van der Waals surface area contributed by atoms with Gasteiger partial charge in [0.15, 0.2) is 5.82 Å². The van der Waals surface area contributed by atoms with Crippen LogP contribution in [0, 0.1) is 0 Å². The van der Waals surface area contributed by atoms with E-state index in [0.717, 1.165) is 28.0 Å². The van der Waals surface area contributed by atoms with E-state index in [0.29, 0.717) is 19.0 Å². The van der Waals surface area contributed by atoms with Gasteiger partial charge in [0.25, 0.3) is 0 Å². The average Bonchev–Trinajstić information content (AvgIpc) is 3.14. The van der Waals surface area contributed by atoms with Gasteiger partial charge in [-0.2, -0.15) is 0 Å². The van der Waals surface area contributed by atoms with Crippen LogP contribution in [-0.2, 0) is 0 Å². The van der Waals surface area contributed by atoms with Crippen molar-refractivity contribution >= 4 is 16.7 Å². The molecule has 2 aromatic carbocycles. The number of aromatic nitrogens is 3. The lowest BCUT2D eigenvalue weighted by Gasteiger charge is -2.09. The minimum Gasteiger partial charge on any atom is -0.492 e. The number of hydrogen-bond donors (Lipinski definition) is 2. The van der Waals surface area contributed by atoms with Gasteiger partial charge in [0.05, 0.1) is 6.54 Å². The summed E-state index contributed by atoms with van der Waals surface area (Å²) in [6, 6.07) is 19.8. The number of hydrogen-bond acceptors (Lipinski definition) is 4. The molecule has 2 N–H and O–H groups in total. The zero-order valence-corrected chi connectivity index (χ0v) is 13.6. The Morgan fingerprint density at radius 1 is 1.00 bits per heavy atom. The molecule has 0 aliphatic carbocycles. The monoisotopic (exact) mass is 330 g/mol. The fourth-order valence-electron chi connectivity index (χ4n) is 2.65. The Kier molecular flexibility index (Phi) is 4.29. The van der Waals surface area contributed by atoms with E-state index >= 15 is 0 Å². The summed E-state index contributed by atoms with van der Waals surface area (Å²) in [5.41, 5.74) is 2.10. The van der Waals surface area contributed by atoms with E-state index in [9.17, 15) is 0 Å². The molecule has 4 rings (SSSR count). The van der Waals surface area contributed by atoms with Crippen molar-refractivity contribution < 1.29 is 4.74 Å². The van der Waals surface area contributed by atoms with E-state index < -0.39 is 0 Å². The van der Waals surface area contributed by atoms with Crippen LogP contribution in [0.5, 0.6) is 5.75 Å². The van der Waals surface area contributed by atoms with Gasteiger partial charge in [-0.3, -0.25) is 0 Å². The molecule has 0 fully saturated rings. The number of benzene rings is 2. The van der Waals surface area contributed by atoms with E-state index in [1.165, 1.54) is 0 Å². The van der Waals surface area contributed by atoms with E-state index in [1.807, 2.05) is 60.8 Å². The summed E-state index contributed by atoms with van der Waals surface area (Å²) >= 11 is 0. The third-order valence-electron chi connectivity index (χ3n) is 3.89. The molecular weight excluding hydrogens is 312 g/mol. The number of fused-ring (bicyclic) bond motifs is 1. The van der Waals surface area contributed by atoms with Crippen molar-refractivity contribution in [1.29, 1.82) is 0 Å². The summed E-state index contributed by atoms with van der Waals surface area (Å²) in [6.07, 6.45) is 3.70. The summed E-state index contributed by atoms with van der Waals surface area (Å²) in [7, 11) is 0. The lowest BCUT2D eigenvalue weighted by Crippen LogP contribution is -2.12. The lowest BCUT2D eigenvalue weighted by atomic mass is 10.1. The second kappa shape index (κ2) is 7.05. The minimum absolute atomic E-state index is 0.568. The minimum atomic E-state index is 0.568. The number of nitrogens with one attached hydrogen (secondary N) is 2. The van der Waals surface area contributed by atoms with Gasteiger partial charge in [0, 0.05) is 28.9 Å². The summed E-state index contributed by atoms with van der Waals surface area (Å²) in [4.78, 5) is 12.2. The number of rotatable bonds is 6. The molecule has 124 valence electrons. The average molecular weight is 330 g/mol. The summed E-state index contributed by atoms with van der Waals surface area (Å²) in [5, 5.41) is 4.42. The first kappa shape index (κ1) is 15.2. The molecule has 25 heavy (non-hydrogen) atoms. The molecule has 5 heteroatoms. The highest BCUT2D eigenvalue weighted by Crippen LogP contribution is 2.21. The standard InChI is InChI=1S/C20H18N4O/c1-2-4-17(5-3-1)25-13-12-22-19-9-11-23-20(24-19)16-6-7-18-15(14-16)8-10-21-18/h1-11,14,21H,12-13H2,(H,22,23,24). The van der Waals surface area contributed by atoms with Crippen LogP contribution in [0.3, 0.4) is 0 Å². The van der Waals surface area contributed by atoms with Crippen molar-refractivity contribution in [2.24, 2.45) is 0 Å². The zero-order chi connectivity index (χ0) is 16.9. The maximum atomic E-state index is 5.67. The lowest BCUT2D eigenvalue weighted by molar-refractivity contribution is 0.333. The first-order chi connectivity index (χ1) is 12.4. The fraction of sp³-hybridized carbons (Fsp3) is 0.100. The molecule has 0 radical (unpaired) electrons. The van der Waals surface area contributed by atoms with Gasteiger partial charge in [0.2, 0.25) is 0 Å². The number of para-hydroxylation sites is 1. The Labute approximate surface area is 145 Å². The summed E-state index contributed by atoms with van der Waals surface area (Å²) < 4.78 is 5.67. The van der Waals surface area contributed by atoms with Crippen molar-refractivity contribution in [3.63, 3.8) is 0 Å². The number of anilines is 1. The molecule has 0 aliphatic heterocycles. The molecule has 0 bridgehead atoms. The van der Waals surface area contributed by atoms with Crippen molar-refractivity contribution in [3.8, 4) is 17.1 Å². The van der Waals surface area contributed by atoms with Crippen molar-refractivity contribution in [1.82, 2.24) is 15.0 Å². The highest BCUT2D eigenvalue weighted by Gasteiger charge is 2.04. The second-order valence-corrected chi connectivity index (χ2v) is 5.63. The van der Waals surface area contributed by atoms with Gasteiger partial charge in [0.1, 0.15) is 18.2 Å². The van der Waals surface area contributed by atoms with Gasteiger partial charge >= 0.3 is 0 Å². The quantitative estimate of drug-likeness (QED) is 0.522. The van der Waals surface area contributed by atoms with Gasteiger partial charge in [-0.15, -0.1) is 0 Å². The maximum Gasteiger partial charge on any atom is 0.161 e. The van der Waals surface area contributed by atoms with Crippen molar-refractivity contribution in [2.45, 2.75) is 0 Å². The Hall–Kier alpha value is -3.34. The van der Waals surface area contributed by atoms with Crippen LogP contribution in [0.4, 0.5) is 5.82 Å². The highest BCUT2D eigenvalue weighted by molar-refractivity contribution is 5.83. The van der Waals surface area contributed by atoms with Crippen molar-refractivity contribution in [3.05, 3.63) is 73.1 Å². The predicted molar refractivity (Wildman–Crippen MR) is 99.8 cm³/mol. The Morgan fingerprint density at radius 2 is 1.92 bits per heavy atom. The Morgan fingerprint density at radius 3 is 2.84 bits per heavy atom. The fourth-order valence-corrected chi connectivity index (χ4v) is 2.65. The molecule has 0 atom stereocenters. The number of H-pyrrole nitrogens is 1. The normalized spacial score (nSPS) is 10.7. The van der Waals surface area contributed by atoms with Gasteiger partial charge in [-0.1, -0.05) is 18.2 Å². The van der Waals surface area contributed by atoms with Crippen LogP contribution in [0.15, 0.2) is 73.1 Å². The van der Waals surface area contributed by atoms with Gasteiger partial charge in [-0.25, -0.2) is 9.97 Å². The number of aromatic amines is 1. The highest BCUT2D eigenvalue weighted by atomic mass is 16.5. The third-order valence-corrected chi connectivity index (χ3v) is 3.89. The van der Waals surface area contributed by atoms with E-state index in [-0.39, 0.29) is 0 Å². The molecule has 2 aromatic heterocycles. The van der Waals surface area contributed by atoms with Crippen molar-refractivity contribution in [2.75, 3.05) is 18.5 Å². The molecule has 0 aliphatic rings. The molecule has 0 saturated carbocycles. The molecule has 5 nitrogen and oxygen atoms in total. The summed E-state index contributed by atoms with van der Waals surface area (Å²) in [5.74, 6) is 2.36. The van der Waals surface area contributed by atoms with E-state index in [4.69, 9.17) is 4.74 Å². The maximum absolute atomic E-state index is 5.67. The molecular formula is C20H18N4O. The Balaban J connectivity index is 1.40. The van der Waals surface area contributed by atoms with Crippen LogP contribution >= 0.6 is 0 Å². The largest absolute Gasteiger partial charge is 0.492 e. The zero-order valence-electron chi connectivity index (χ0n) is 13.6. The molecule has 2 heterocycles. The Bertz CT molecular complexity index is 966. The molecule has 0 amide bonds. The van der Waals surface area contributed by atoms with Crippen LogP contribution in [-0.4, -0.2) is 28.1 Å².